The molecule has 0 aliphatic rings. The molecule has 0 saturated carbocycles. The van der Waals surface area contributed by atoms with E-state index in [1.165, 1.54) is 0 Å². The van der Waals surface area contributed by atoms with Crippen molar-refractivity contribution in [1.82, 2.24) is 5.32 Å². The van der Waals surface area contributed by atoms with Crippen molar-refractivity contribution in [2.45, 2.75) is 32.2 Å². The van der Waals surface area contributed by atoms with Crippen LogP contribution < -0.4 is 15.4 Å². The highest BCUT2D eigenvalue weighted by Crippen LogP contribution is 2.22. The Balaban J connectivity index is 2.50. The second-order valence-electron chi connectivity index (χ2n) is 4.65. The summed E-state index contributed by atoms with van der Waals surface area (Å²) in [5.41, 5.74) is 0.690. The number of para-hydroxylation sites is 2. The summed E-state index contributed by atoms with van der Waals surface area (Å²) < 4.78 is 5.16. The maximum atomic E-state index is 11.8. The Morgan fingerprint density at radius 1 is 1.33 bits per heavy atom. The van der Waals surface area contributed by atoms with Crippen LogP contribution in [0.3, 0.4) is 0 Å². The summed E-state index contributed by atoms with van der Waals surface area (Å²) >= 11 is 0. The van der Waals surface area contributed by atoms with E-state index < -0.39 is 12.0 Å². The lowest BCUT2D eigenvalue weighted by atomic mass is 10.1. The number of hydrogen-bond acceptors (Lipinski definition) is 4. The molecule has 0 fully saturated rings. The fourth-order valence-electron chi connectivity index (χ4n) is 1.88. The van der Waals surface area contributed by atoms with Crippen LogP contribution in [0.4, 0.5) is 5.69 Å². The summed E-state index contributed by atoms with van der Waals surface area (Å²) in [4.78, 5) is 22.9. The van der Waals surface area contributed by atoms with Gasteiger partial charge in [-0.3, -0.25) is 4.79 Å². The summed E-state index contributed by atoms with van der Waals surface area (Å²) in [6.07, 6.45) is 2.09. The predicted octanol–water partition coefficient (Wildman–Crippen LogP) is 1.87. The summed E-state index contributed by atoms with van der Waals surface area (Å²) in [5, 5.41) is 14.5. The number of benzene rings is 1. The van der Waals surface area contributed by atoms with E-state index in [4.69, 9.17) is 9.84 Å². The van der Waals surface area contributed by atoms with Gasteiger partial charge in [0.15, 0.2) is 0 Å². The van der Waals surface area contributed by atoms with Crippen LogP contribution in [0.1, 0.15) is 26.2 Å². The molecule has 0 saturated heterocycles. The first-order chi connectivity index (χ1) is 10.1. The number of carbonyl (C=O) groups is 2. The number of hydrogen-bond donors (Lipinski definition) is 3. The van der Waals surface area contributed by atoms with Gasteiger partial charge >= 0.3 is 5.97 Å². The molecule has 0 aliphatic heterocycles. The number of carbonyl (C=O) groups excluding carboxylic acids is 1. The van der Waals surface area contributed by atoms with Gasteiger partial charge in [0.05, 0.1) is 19.3 Å². The minimum absolute atomic E-state index is 0.00369. The molecule has 6 nitrogen and oxygen atoms in total. The van der Waals surface area contributed by atoms with E-state index in [1.807, 2.05) is 19.1 Å². The molecule has 6 heteroatoms. The fourth-order valence-corrected chi connectivity index (χ4v) is 1.88. The molecule has 3 N–H and O–H groups in total. The number of rotatable bonds is 9. The first-order valence-electron chi connectivity index (χ1n) is 6.97. The van der Waals surface area contributed by atoms with Crippen LogP contribution in [0.15, 0.2) is 24.3 Å². The summed E-state index contributed by atoms with van der Waals surface area (Å²) in [6, 6.07) is 6.38. The Morgan fingerprint density at radius 2 is 2.05 bits per heavy atom. The Kier molecular flexibility index (Phi) is 7.08. The number of amides is 1. The molecule has 116 valence electrons. The van der Waals surface area contributed by atoms with Gasteiger partial charge in [-0.1, -0.05) is 31.9 Å². The lowest BCUT2D eigenvalue weighted by Gasteiger charge is -2.15. The molecule has 1 aromatic carbocycles. The standard InChI is InChI=1S/C15H22N2O4/c1-3-4-7-12(15(19)20)17-14(18)10-16-11-8-5-6-9-13(11)21-2/h5-6,8-9,12,16H,3-4,7,10H2,1-2H3,(H,17,18)(H,19,20)/t12-/m0/s1. The Labute approximate surface area is 124 Å². The molecule has 0 aromatic heterocycles. The molecular formula is C15H22N2O4. The van der Waals surface area contributed by atoms with Gasteiger partial charge in [0.1, 0.15) is 11.8 Å². The van der Waals surface area contributed by atoms with E-state index in [-0.39, 0.29) is 12.5 Å². The van der Waals surface area contributed by atoms with E-state index in [2.05, 4.69) is 10.6 Å². The second kappa shape index (κ2) is 8.84. The third-order valence-corrected chi connectivity index (χ3v) is 3.03. The first-order valence-corrected chi connectivity index (χ1v) is 6.97. The number of methoxy groups -OCH3 is 1. The molecular weight excluding hydrogens is 272 g/mol. The van der Waals surface area contributed by atoms with Gasteiger partial charge in [0.25, 0.3) is 0 Å². The number of aliphatic carboxylic acids is 1. The number of ether oxygens (including phenoxy) is 1. The quantitative estimate of drug-likeness (QED) is 0.647. The van der Waals surface area contributed by atoms with E-state index in [0.29, 0.717) is 17.9 Å². The second-order valence-corrected chi connectivity index (χ2v) is 4.65. The highest BCUT2D eigenvalue weighted by molar-refractivity contribution is 5.86. The Bertz CT molecular complexity index is 476. The number of carboxylic acids is 1. The van der Waals surface area contributed by atoms with Crippen molar-refractivity contribution in [2.24, 2.45) is 0 Å². The highest BCUT2D eigenvalue weighted by atomic mass is 16.5. The summed E-state index contributed by atoms with van der Waals surface area (Å²) in [5.74, 6) is -0.732. The van der Waals surface area contributed by atoms with E-state index >= 15 is 0 Å². The molecule has 1 rings (SSSR count). The predicted molar refractivity (Wildman–Crippen MR) is 80.6 cm³/mol. The van der Waals surface area contributed by atoms with Gasteiger partial charge in [-0.15, -0.1) is 0 Å². The van der Waals surface area contributed by atoms with E-state index in [1.54, 1.807) is 19.2 Å². The van der Waals surface area contributed by atoms with E-state index in [0.717, 1.165) is 12.8 Å². The van der Waals surface area contributed by atoms with Gasteiger partial charge in [-0.2, -0.15) is 0 Å². The van der Waals surface area contributed by atoms with Crippen molar-refractivity contribution in [1.29, 1.82) is 0 Å². The minimum Gasteiger partial charge on any atom is -0.495 e. The lowest BCUT2D eigenvalue weighted by Crippen LogP contribution is -2.43. The Hall–Kier alpha value is -2.24. The average Bonchev–Trinajstić information content (AvgIpc) is 2.49. The number of carboxylic acid groups (broad SMARTS) is 1. The van der Waals surface area contributed by atoms with Crippen molar-refractivity contribution in [3.05, 3.63) is 24.3 Å². The molecule has 0 aliphatic carbocycles. The van der Waals surface area contributed by atoms with Crippen LogP contribution in [-0.4, -0.2) is 36.7 Å². The molecule has 1 aromatic rings. The maximum absolute atomic E-state index is 11.8. The molecule has 1 atom stereocenters. The molecule has 0 radical (unpaired) electrons. The van der Waals surface area contributed by atoms with Crippen molar-refractivity contribution in [3.63, 3.8) is 0 Å². The molecule has 0 unspecified atom stereocenters. The zero-order chi connectivity index (χ0) is 15.7. The average molecular weight is 294 g/mol. The van der Waals surface area contributed by atoms with Crippen molar-refractivity contribution < 1.29 is 19.4 Å². The van der Waals surface area contributed by atoms with E-state index in [9.17, 15) is 9.59 Å². The number of nitrogens with one attached hydrogen (secondary N) is 2. The van der Waals surface area contributed by atoms with Gasteiger partial charge in [0, 0.05) is 0 Å². The molecule has 1 amide bonds. The van der Waals surface area contributed by atoms with Crippen LogP contribution in [0.25, 0.3) is 0 Å². The topological polar surface area (TPSA) is 87.7 Å². The van der Waals surface area contributed by atoms with Crippen LogP contribution in [0.5, 0.6) is 5.75 Å². The summed E-state index contributed by atoms with van der Waals surface area (Å²) in [7, 11) is 1.55. The zero-order valence-corrected chi connectivity index (χ0v) is 12.4. The monoisotopic (exact) mass is 294 g/mol. The van der Waals surface area contributed by atoms with Gasteiger partial charge < -0.3 is 20.5 Å². The maximum Gasteiger partial charge on any atom is 0.326 e. The van der Waals surface area contributed by atoms with Crippen LogP contribution in [0, 0.1) is 0 Å². The van der Waals surface area contributed by atoms with Crippen LogP contribution in [0.2, 0.25) is 0 Å². The zero-order valence-electron chi connectivity index (χ0n) is 12.4. The molecule has 0 heterocycles. The normalized spacial score (nSPS) is 11.5. The van der Waals surface area contributed by atoms with Crippen LogP contribution in [-0.2, 0) is 9.59 Å². The Morgan fingerprint density at radius 3 is 2.67 bits per heavy atom. The van der Waals surface area contributed by atoms with Crippen molar-refractivity contribution >= 4 is 17.6 Å². The summed E-state index contributed by atoms with van der Waals surface area (Å²) in [6.45, 7) is 1.97. The lowest BCUT2D eigenvalue weighted by molar-refractivity contribution is -0.141. The number of anilines is 1. The van der Waals surface area contributed by atoms with Gasteiger partial charge in [0.2, 0.25) is 5.91 Å². The minimum atomic E-state index is -1.01. The largest absolute Gasteiger partial charge is 0.495 e. The molecule has 0 bridgehead atoms. The third kappa shape index (κ3) is 5.72. The van der Waals surface area contributed by atoms with Gasteiger partial charge in [-0.05, 0) is 18.6 Å². The van der Waals surface area contributed by atoms with Crippen molar-refractivity contribution in [2.75, 3.05) is 19.0 Å². The highest BCUT2D eigenvalue weighted by Gasteiger charge is 2.18. The van der Waals surface area contributed by atoms with Crippen LogP contribution >= 0.6 is 0 Å². The van der Waals surface area contributed by atoms with Crippen molar-refractivity contribution in [3.8, 4) is 5.75 Å². The fraction of sp³-hybridized carbons (Fsp3) is 0.467. The third-order valence-electron chi connectivity index (χ3n) is 3.03. The first kappa shape index (κ1) is 16.8. The SMILES string of the molecule is CCCC[C@H](NC(=O)CNc1ccccc1OC)C(=O)O. The molecule has 0 spiro atoms. The smallest absolute Gasteiger partial charge is 0.326 e. The number of unbranched alkanes of at least 4 members (excludes halogenated alkanes) is 1. The van der Waals surface area contributed by atoms with Gasteiger partial charge in [-0.25, -0.2) is 4.79 Å². The molecule has 21 heavy (non-hydrogen) atoms.